The molecular weight excluding hydrogens is 341 g/mol. The Morgan fingerprint density at radius 2 is 1.81 bits per heavy atom. The molecule has 134 valence electrons. The van der Waals surface area contributed by atoms with Gasteiger partial charge in [0.05, 0.1) is 26.3 Å². The van der Waals surface area contributed by atoms with Gasteiger partial charge >= 0.3 is 0 Å². The van der Waals surface area contributed by atoms with Crippen LogP contribution in [0.4, 0.5) is 4.39 Å². The Hall–Kier alpha value is -3.42. The molecule has 3 rings (SSSR count). The second kappa shape index (κ2) is 7.64. The van der Waals surface area contributed by atoms with Crippen LogP contribution in [0.3, 0.4) is 0 Å². The Bertz CT molecular complexity index is 904. The number of rotatable bonds is 6. The molecule has 0 atom stereocenters. The number of benzene rings is 2. The van der Waals surface area contributed by atoms with Crippen molar-refractivity contribution in [3.8, 4) is 22.9 Å². The summed E-state index contributed by atoms with van der Waals surface area (Å²) >= 11 is 0. The zero-order chi connectivity index (χ0) is 18.5. The Labute approximate surface area is 148 Å². The molecule has 0 bridgehead atoms. The summed E-state index contributed by atoms with van der Waals surface area (Å²) in [5.41, 5.74) is 0.478. The van der Waals surface area contributed by atoms with Gasteiger partial charge in [-0.1, -0.05) is 23.4 Å². The minimum absolute atomic E-state index is 0.0263. The van der Waals surface area contributed by atoms with Crippen molar-refractivity contribution in [2.45, 2.75) is 6.54 Å². The number of hydrogen-bond acceptors (Lipinski definition) is 6. The highest BCUT2D eigenvalue weighted by Crippen LogP contribution is 2.28. The largest absolute Gasteiger partial charge is 0.496 e. The van der Waals surface area contributed by atoms with Crippen molar-refractivity contribution >= 4 is 5.91 Å². The van der Waals surface area contributed by atoms with E-state index in [0.29, 0.717) is 11.5 Å². The maximum absolute atomic E-state index is 13.8. The van der Waals surface area contributed by atoms with Gasteiger partial charge < -0.3 is 19.3 Å². The lowest BCUT2D eigenvalue weighted by molar-refractivity contribution is 0.0940. The highest BCUT2D eigenvalue weighted by molar-refractivity contribution is 5.99. The summed E-state index contributed by atoms with van der Waals surface area (Å²) in [6.07, 6.45) is 0. The lowest BCUT2D eigenvalue weighted by atomic mass is 10.1. The Balaban J connectivity index is 1.75. The molecule has 8 heteroatoms. The van der Waals surface area contributed by atoms with E-state index < -0.39 is 11.7 Å². The standard InChI is InChI=1S/C18H16FN3O4/c1-24-13-8-5-9-14(25-2)16(13)18(23)20-10-15-21-17(22-26-15)11-6-3-4-7-12(11)19/h3-9H,10H2,1-2H3,(H,20,23). The molecule has 2 aromatic carbocycles. The summed E-state index contributed by atoms with van der Waals surface area (Å²) in [6.45, 7) is -0.0263. The summed E-state index contributed by atoms with van der Waals surface area (Å²) in [6, 6.07) is 11.1. The predicted molar refractivity (Wildman–Crippen MR) is 90.4 cm³/mol. The zero-order valence-electron chi connectivity index (χ0n) is 14.2. The van der Waals surface area contributed by atoms with Gasteiger partial charge in [-0.05, 0) is 24.3 Å². The molecule has 1 N–H and O–H groups in total. The van der Waals surface area contributed by atoms with Crippen molar-refractivity contribution in [3.05, 3.63) is 59.7 Å². The van der Waals surface area contributed by atoms with Crippen LogP contribution in [0.2, 0.25) is 0 Å². The van der Waals surface area contributed by atoms with Gasteiger partial charge in [-0.25, -0.2) is 4.39 Å². The summed E-state index contributed by atoms with van der Waals surface area (Å²) < 4.78 is 29.2. The molecule has 0 unspecified atom stereocenters. The number of methoxy groups -OCH3 is 2. The third kappa shape index (κ3) is 3.49. The first-order chi connectivity index (χ1) is 12.6. The maximum atomic E-state index is 13.8. The third-order valence-electron chi connectivity index (χ3n) is 3.64. The maximum Gasteiger partial charge on any atom is 0.259 e. The van der Waals surface area contributed by atoms with Gasteiger partial charge in [0.1, 0.15) is 22.9 Å². The minimum Gasteiger partial charge on any atom is -0.496 e. The highest BCUT2D eigenvalue weighted by atomic mass is 19.1. The fraction of sp³-hybridized carbons (Fsp3) is 0.167. The van der Waals surface area contributed by atoms with E-state index >= 15 is 0 Å². The summed E-state index contributed by atoms with van der Waals surface area (Å²) in [5.74, 6) is 0.124. The lowest BCUT2D eigenvalue weighted by Crippen LogP contribution is -2.24. The molecule has 0 saturated carbocycles. The van der Waals surface area contributed by atoms with E-state index in [0.717, 1.165) is 0 Å². The van der Waals surface area contributed by atoms with Crippen LogP contribution in [0.15, 0.2) is 47.0 Å². The van der Waals surface area contributed by atoms with Crippen LogP contribution in [0.5, 0.6) is 11.5 Å². The third-order valence-corrected chi connectivity index (χ3v) is 3.64. The van der Waals surface area contributed by atoms with Crippen molar-refractivity contribution in [2.75, 3.05) is 14.2 Å². The second-order valence-corrected chi connectivity index (χ2v) is 5.21. The molecule has 7 nitrogen and oxygen atoms in total. The van der Waals surface area contributed by atoms with Crippen molar-refractivity contribution in [2.24, 2.45) is 0 Å². The average molecular weight is 357 g/mol. The van der Waals surface area contributed by atoms with E-state index in [-0.39, 0.29) is 29.4 Å². The molecule has 1 heterocycles. The second-order valence-electron chi connectivity index (χ2n) is 5.21. The smallest absolute Gasteiger partial charge is 0.259 e. The number of amides is 1. The number of aromatic nitrogens is 2. The van der Waals surface area contributed by atoms with Crippen LogP contribution in [0, 0.1) is 5.82 Å². The molecule has 0 fully saturated rings. The molecule has 1 amide bonds. The van der Waals surface area contributed by atoms with Crippen LogP contribution in [0.25, 0.3) is 11.4 Å². The number of hydrogen-bond donors (Lipinski definition) is 1. The molecule has 0 aliphatic rings. The monoisotopic (exact) mass is 357 g/mol. The van der Waals surface area contributed by atoms with Crippen LogP contribution >= 0.6 is 0 Å². The van der Waals surface area contributed by atoms with E-state index in [4.69, 9.17) is 14.0 Å². The molecule has 0 spiro atoms. The molecule has 1 aromatic heterocycles. The fourth-order valence-corrected chi connectivity index (χ4v) is 2.40. The van der Waals surface area contributed by atoms with Gasteiger partial charge in [0, 0.05) is 0 Å². The lowest BCUT2D eigenvalue weighted by Gasteiger charge is -2.12. The number of carbonyl (C=O) groups is 1. The molecule has 3 aromatic rings. The van der Waals surface area contributed by atoms with Crippen molar-refractivity contribution in [3.63, 3.8) is 0 Å². The first kappa shape index (κ1) is 17.4. The molecule has 0 radical (unpaired) electrons. The first-order valence-electron chi connectivity index (χ1n) is 7.70. The van der Waals surface area contributed by atoms with Gasteiger partial charge in [-0.2, -0.15) is 4.98 Å². The van der Waals surface area contributed by atoms with Gasteiger partial charge in [-0.3, -0.25) is 4.79 Å². The van der Waals surface area contributed by atoms with E-state index in [2.05, 4.69) is 15.5 Å². The number of nitrogens with one attached hydrogen (secondary N) is 1. The van der Waals surface area contributed by atoms with Gasteiger partial charge in [0.25, 0.3) is 5.91 Å². The van der Waals surface area contributed by atoms with Crippen molar-refractivity contribution in [1.29, 1.82) is 0 Å². The van der Waals surface area contributed by atoms with Gasteiger partial charge in [0.15, 0.2) is 0 Å². The average Bonchev–Trinajstić information content (AvgIpc) is 3.14. The first-order valence-corrected chi connectivity index (χ1v) is 7.70. The van der Waals surface area contributed by atoms with E-state index in [9.17, 15) is 9.18 Å². The molecule has 26 heavy (non-hydrogen) atoms. The summed E-state index contributed by atoms with van der Waals surface area (Å²) in [4.78, 5) is 16.6. The topological polar surface area (TPSA) is 86.5 Å². The van der Waals surface area contributed by atoms with E-state index in [1.54, 1.807) is 36.4 Å². The number of carbonyl (C=O) groups excluding carboxylic acids is 1. The number of nitrogens with zero attached hydrogens (tertiary/aromatic N) is 2. The van der Waals surface area contributed by atoms with Crippen molar-refractivity contribution in [1.82, 2.24) is 15.5 Å². The quantitative estimate of drug-likeness (QED) is 0.730. The Kier molecular flexibility index (Phi) is 5.12. The van der Waals surface area contributed by atoms with Crippen LogP contribution in [0.1, 0.15) is 16.2 Å². The van der Waals surface area contributed by atoms with E-state index in [1.165, 1.54) is 20.3 Å². The van der Waals surface area contributed by atoms with Crippen LogP contribution in [-0.4, -0.2) is 30.3 Å². The van der Waals surface area contributed by atoms with E-state index in [1.807, 2.05) is 0 Å². The van der Waals surface area contributed by atoms with Crippen molar-refractivity contribution < 1.29 is 23.2 Å². The number of ether oxygens (including phenoxy) is 2. The number of halogens is 1. The van der Waals surface area contributed by atoms with Crippen LogP contribution in [-0.2, 0) is 6.54 Å². The molecule has 0 aliphatic heterocycles. The predicted octanol–water partition coefficient (Wildman–Crippen LogP) is 2.82. The summed E-state index contributed by atoms with van der Waals surface area (Å²) in [7, 11) is 2.93. The minimum atomic E-state index is -0.456. The normalized spacial score (nSPS) is 10.4. The Morgan fingerprint density at radius 1 is 1.12 bits per heavy atom. The highest BCUT2D eigenvalue weighted by Gasteiger charge is 2.19. The van der Waals surface area contributed by atoms with Gasteiger partial charge in [-0.15, -0.1) is 0 Å². The molecular formula is C18H16FN3O4. The van der Waals surface area contributed by atoms with Crippen LogP contribution < -0.4 is 14.8 Å². The SMILES string of the molecule is COc1cccc(OC)c1C(=O)NCc1nc(-c2ccccc2F)no1. The fourth-order valence-electron chi connectivity index (χ4n) is 2.40. The molecule has 0 aliphatic carbocycles. The summed E-state index contributed by atoms with van der Waals surface area (Å²) in [5, 5.41) is 6.39. The molecule has 0 saturated heterocycles. The van der Waals surface area contributed by atoms with Gasteiger partial charge in [0.2, 0.25) is 11.7 Å². The zero-order valence-corrected chi connectivity index (χ0v) is 14.2. The Morgan fingerprint density at radius 3 is 2.46 bits per heavy atom.